The molecule has 9 heteroatoms. The van der Waals surface area contributed by atoms with Crippen molar-refractivity contribution in [3.63, 3.8) is 0 Å². The van der Waals surface area contributed by atoms with Gasteiger partial charge in [0.1, 0.15) is 11.5 Å². The van der Waals surface area contributed by atoms with Crippen LogP contribution in [-0.4, -0.2) is 51.0 Å². The molecule has 40 heavy (non-hydrogen) atoms. The van der Waals surface area contributed by atoms with Gasteiger partial charge in [-0.25, -0.2) is 4.79 Å². The summed E-state index contributed by atoms with van der Waals surface area (Å²) in [6, 6.07) is 8.22. The van der Waals surface area contributed by atoms with Crippen LogP contribution in [0.2, 0.25) is 18.1 Å². The summed E-state index contributed by atoms with van der Waals surface area (Å²) in [5, 5.41) is 0.693. The van der Waals surface area contributed by atoms with Crippen molar-refractivity contribution in [1.29, 1.82) is 0 Å². The van der Waals surface area contributed by atoms with Crippen LogP contribution in [0.1, 0.15) is 86.1 Å². The van der Waals surface area contributed by atoms with Crippen LogP contribution in [0.3, 0.4) is 0 Å². The lowest BCUT2D eigenvalue weighted by Gasteiger charge is -2.36. The first-order chi connectivity index (χ1) is 18.4. The topological polar surface area (TPSA) is 91.4 Å². The van der Waals surface area contributed by atoms with Crippen LogP contribution in [-0.2, 0) is 28.7 Å². The zero-order valence-electron chi connectivity index (χ0n) is 25.8. The first kappa shape index (κ1) is 31.9. The van der Waals surface area contributed by atoms with Crippen LogP contribution in [0, 0.1) is 10.8 Å². The Bertz CT molecular complexity index is 1130. The van der Waals surface area contributed by atoms with Gasteiger partial charge in [0.2, 0.25) is 8.32 Å². The minimum atomic E-state index is -1.98. The zero-order valence-corrected chi connectivity index (χ0v) is 26.8. The molecule has 2 heterocycles. The predicted octanol–water partition coefficient (Wildman–Crippen LogP) is 6.66. The number of benzene rings is 1. The lowest BCUT2D eigenvalue weighted by Crippen LogP contribution is -2.43. The third-order valence-corrected chi connectivity index (χ3v) is 12.4. The van der Waals surface area contributed by atoms with Gasteiger partial charge in [0.15, 0.2) is 0 Å². The maximum absolute atomic E-state index is 12.0. The Labute approximate surface area is 240 Å². The van der Waals surface area contributed by atoms with Gasteiger partial charge in [0.05, 0.1) is 13.2 Å². The summed E-state index contributed by atoms with van der Waals surface area (Å²) in [7, 11) is -1.98. The predicted molar refractivity (Wildman–Crippen MR) is 157 cm³/mol. The van der Waals surface area contributed by atoms with Gasteiger partial charge in [-0.1, -0.05) is 60.6 Å². The molecule has 0 bridgehead atoms. The van der Waals surface area contributed by atoms with Gasteiger partial charge < -0.3 is 18.7 Å². The van der Waals surface area contributed by atoms with Crippen LogP contribution < -0.4 is 4.43 Å². The van der Waals surface area contributed by atoms with Crippen LogP contribution >= 0.6 is 0 Å². The van der Waals surface area contributed by atoms with Crippen LogP contribution in [0.25, 0.3) is 5.76 Å². The monoisotopic (exact) mass is 573 g/mol. The number of amides is 2. The third kappa shape index (κ3) is 7.54. The highest BCUT2D eigenvalue weighted by molar-refractivity contribution is 6.74. The molecule has 1 aromatic rings. The minimum absolute atomic E-state index is 0.0892. The Morgan fingerprint density at radius 3 is 2.33 bits per heavy atom. The molecular weight excluding hydrogens is 526 g/mol. The van der Waals surface area contributed by atoms with Crippen molar-refractivity contribution < 1.29 is 33.1 Å². The van der Waals surface area contributed by atoms with E-state index in [2.05, 4.69) is 73.7 Å². The van der Waals surface area contributed by atoms with E-state index in [-0.39, 0.29) is 35.1 Å². The highest BCUT2D eigenvalue weighted by atomic mass is 28.4. The lowest BCUT2D eigenvalue weighted by molar-refractivity contribution is -0.197. The van der Waals surface area contributed by atoms with E-state index in [1.807, 2.05) is 12.1 Å². The molecule has 0 spiro atoms. The van der Waals surface area contributed by atoms with E-state index < -0.39 is 26.1 Å². The van der Waals surface area contributed by atoms with E-state index in [1.54, 1.807) is 0 Å². The Morgan fingerprint density at radius 2 is 1.70 bits per heavy atom. The Morgan fingerprint density at radius 1 is 1.05 bits per heavy atom. The lowest BCUT2D eigenvalue weighted by atomic mass is 9.70. The Hall–Kier alpha value is -2.65. The number of imide groups is 1. The SMILES string of the molecule is CC(C)(COCCCCC(=O)ON1C(=O)CCC1=O)C1=C(c2cccc(O[Si](C)(C)C(C)(C)C)c2)OCC1(C)C. The van der Waals surface area contributed by atoms with Gasteiger partial charge in [0, 0.05) is 42.3 Å². The van der Waals surface area contributed by atoms with Gasteiger partial charge in [-0.3, -0.25) is 9.59 Å². The molecule has 2 aliphatic heterocycles. The smallest absolute Gasteiger partial charge is 0.333 e. The van der Waals surface area contributed by atoms with Crippen LogP contribution in [0.15, 0.2) is 29.8 Å². The summed E-state index contributed by atoms with van der Waals surface area (Å²) < 4.78 is 19.0. The van der Waals surface area contributed by atoms with E-state index >= 15 is 0 Å². The fraction of sp³-hybridized carbons (Fsp3) is 0.645. The van der Waals surface area contributed by atoms with Gasteiger partial charge in [-0.15, -0.1) is 5.06 Å². The van der Waals surface area contributed by atoms with Crippen molar-refractivity contribution in [2.24, 2.45) is 10.8 Å². The van der Waals surface area contributed by atoms with Crippen molar-refractivity contribution in [2.45, 2.75) is 98.7 Å². The third-order valence-electron chi connectivity index (χ3n) is 8.01. The first-order valence-corrected chi connectivity index (χ1v) is 17.2. The molecule has 1 aromatic carbocycles. The number of hydroxylamine groups is 2. The van der Waals surface area contributed by atoms with Gasteiger partial charge >= 0.3 is 5.97 Å². The van der Waals surface area contributed by atoms with E-state index in [9.17, 15) is 14.4 Å². The molecule has 0 N–H and O–H groups in total. The summed E-state index contributed by atoms with van der Waals surface area (Å²) in [6.07, 6.45) is 1.50. The van der Waals surface area contributed by atoms with Gasteiger partial charge in [-0.05, 0) is 48.7 Å². The molecule has 2 amide bonds. The summed E-state index contributed by atoms with van der Waals surface area (Å²) in [6.45, 7) is 21.5. The fourth-order valence-electron chi connectivity index (χ4n) is 4.98. The molecule has 0 aliphatic carbocycles. The number of ether oxygens (including phenoxy) is 2. The molecule has 0 unspecified atom stereocenters. The minimum Gasteiger partial charge on any atom is -0.543 e. The van der Waals surface area contributed by atoms with Crippen LogP contribution in [0.5, 0.6) is 5.75 Å². The van der Waals surface area contributed by atoms with E-state index in [4.69, 9.17) is 18.7 Å². The second-order valence-electron chi connectivity index (χ2n) is 13.7. The Balaban J connectivity index is 1.60. The quantitative estimate of drug-likeness (QED) is 0.157. The molecule has 0 radical (unpaired) electrons. The van der Waals surface area contributed by atoms with Crippen molar-refractivity contribution in [3.05, 3.63) is 35.4 Å². The van der Waals surface area contributed by atoms with E-state index in [0.29, 0.717) is 37.7 Å². The summed E-state index contributed by atoms with van der Waals surface area (Å²) in [5.74, 6) is 0.254. The molecule has 0 atom stereocenters. The van der Waals surface area contributed by atoms with Crippen molar-refractivity contribution in [1.82, 2.24) is 5.06 Å². The number of unbranched alkanes of at least 4 members (excludes halogenated alkanes) is 1. The fourth-order valence-corrected chi connectivity index (χ4v) is 6.00. The summed E-state index contributed by atoms with van der Waals surface area (Å²) in [4.78, 5) is 40.1. The zero-order chi connectivity index (χ0) is 29.9. The molecular formula is C31H47NO7Si. The van der Waals surface area contributed by atoms with Gasteiger partial charge in [0.25, 0.3) is 11.8 Å². The second kappa shape index (κ2) is 12.1. The summed E-state index contributed by atoms with van der Waals surface area (Å²) >= 11 is 0. The average Bonchev–Trinajstić information content (AvgIpc) is 3.33. The van der Waals surface area contributed by atoms with Crippen molar-refractivity contribution in [2.75, 3.05) is 19.8 Å². The standard InChI is InChI=1S/C31H47NO7Si/c1-29(2,3)40(8,9)39-23-14-12-13-22(19-23)27-28(31(6,7)21-37-27)30(4,5)20-36-18-11-10-15-26(35)38-32-24(33)16-17-25(32)34/h12-14,19H,10-11,15-18,20-21H2,1-9H3. The molecule has 222 valence electrons. The molecule has 0 saturated carbocycles. The highest BCUT2D eigenvalue weighted by Gasteiger charge is 2.44. The number of rotatable bonds is 12. The molecule has 1 fully saturated rings. The molecule has 0 aromatic heterocycles. The Kier molecular flexibility index (Phi) is 9.61. The van der Waals surface area contributed by atoms with E-state index in [0.717, 1.165) is 17.1 Å². The largest absolute Gasteiger partial charge is 0.543 e. The van der Waals surface area contributed by atoms with E-state index in [1.165, 1.54) is 5.57 Å². The van der Waals surface area contributed by atoms with Crippen molar-refractivity contribution in [3.8, 4) is 5.75 Å². The maximum Gasteiger partial charge on any atom is 0.333 e. The molecule has 3 rings (SSSR count). The number of carbonyl (C=O) groups excluding carboxylic acids is 3. The average molecular weight is 574 g/mol. The van der Waals surface area contributed by atoms with Crippen molar-refractivity contribution >= 4 is 31.9 Å². The highest BCUT2D eigenvalue weighted by Crippen LogP contribution is 2.50. The number of nitrogens with zero attached hydrogens (tertiary/aromatic N) is 1. The first-order valence-electron chi connectivity index (χ1n) is 14.3. The number of carbonyl (C=O) groups is 3. The summed E-state index contributed by atoms with van der Waals surface area (Å²) in [5.41, 5.74) is 1.78. The number of hydrogen-bond donors (Lipinski definition) is 0. The molecule has 1 saturated heterocycles. The second-order valence-corrected chi connectivity index (χ2v) is 18.4. The maximum atomic E-state index is 12.0. The molecule has 2 aliphatic rings. The van der Waals surface area contributed by atoms with Crippen LogP contribution in [0.4, 0.5) is 0 Å². The molecule has 8 nitrogen and oxygen atoms in total. The number of hydrogen-bond acceptors (Lipinski definition) is 7. The normalized spacial score (nSPS) is 17.9. The van der Waals surface area contributed by atoms with Gasteiger partial charge in [-0.2, -0.15) is 0 Å².